The molecular weight excluding hydrogens is 246 g/mol. The molecular formula is C18H23NO. The third kappa shape index (κ3) is 3.53. The van der Waals surface area contributed by atoms with Crippen LogP contribution < -0.4 is 10.1 Å². The van der Waals surface area contributed by atoms with Crippen LogP contribution in [-0.2, 0) is 0 Å². The van der Waals surface area contributed by atoms with Crippen LogP contribution in [0.2, 0.25) is 0 Å². The summed E-state index contributed by atoms with van der Waals surface area (Å²) in [5.74, 6) is 1.41. The van der Waals surface area contributed by atoms with E-state index < -0.39 is 0 Å². The highest BCUT2D eigenvalue weighted by Gasteiger charge is 2.16. The average molecular weight is 269 g/mol. The van der Waals surface area contributed by atoms with E-state index in [0.717, 1.165) is 11.4 Å². The average Bonchev–Trinajstić information content (AvgIpc) is 2.47. The highest BCUT2D eigenvalue weighted by molar-refractivity contribution is 5.57. The van der Waals surface area contributed by atoms with Crippen molar-refractivity contribution in [3.05, 3.63) is 60.2 Å². The normalized spacial score (nSPS) is 12.2. The summed E-state index contributed by atoms with van der Waals surface area (Å²) in [6, 6.07) is 18.9. The fourth-order valence-electron chi connectivity index (χ4n) is 2.33. The predicted octanol–water partition coefficient (Wildman–Crippen LogP) is 4.89. The van der Waals surface area contributed by atoms with Gasteiger partial charge in [0, 0.05) is 0 Å². The quantitative estimate of drug-likeness (QED) is 0.805. The maximum absolute atomic E-state index is 5.69. The zero-order valence-corrected chi connectivity index (χ0v) is 12.5. The van der Waals surface area contributed by atoms with E-state index in [-0.39, 0.29) is 6.04 Å². The number of para-hydroxylation sites is 2. The Bertz CT molecular complexity index is 522. The lowest BCUT2D eigenvalue weighted by Gasteiger charge is -2.25. The molecule has 0 saturated heterocycles. The summed E-state index contributed by atoms with van der Waals surface area (Å²) in [7, 11) is 0. The Balaban J connectivity index is 2.25. The van der Waals surface area contributed by atoms with Gasteiger partial charge in [-0.05, 0) is 30.5 Å². The first kappa shape index (κ1) is 14.4. The highest BCUT2D eigenvalue weighted by Crippen LogP contribution is 2.31. The van der Waals surface area contributed by atoms with Gasteiger partial charge in [0.15, 0.2) is 0 Å². The number of rotatable bonds is 6. The van der Waals surface area contributed by atoms with Gasteiger partial charge in [-0.2, -0.15) is 0 Å². The molecule has 0 aliphatic rings. The smallest absolute Gasteiger partial charge is 0.142 e. The van der Waals surface area contributed by atoms with E-state index in [9.17, 15) is 0 Å². The number of hydrogen-bond donors (Lipinski definition) is 1. The monoisotopic (exact) mass is 269 g/mol. The molecule has 0 fully saturated rings. The zero-order chi connectivity index (χ0) is 14.4. The molecule has 1 atom stereocenters. The summed E-state index contributed by atoms with van der Waals surface area (Å²) >= 11 is 0. The molecule has 106 valence electrons. The molecule has 0 saturated carbocycles. The Labute approximate surface area is 121 Å². The molecule has 0 aliphatic heterocycles. The summed E-state index contributed by atoms with van der Waals surface area (Å²) in [4.78, 5) is 0. The van der Waals surface area contributed by atoms with Gasteiger partial charge < -0.3 is 10.1 Å². The fraction of sp³-hybridized carbons (Fsp3) is 0.333. The maximum Gasteiger partial charge on any atom is 0.142 e. The minimum absolute atomic E-state index is 0.276. The van der Waals surface area contributed by atoms with E-state index in [2.05, 4.69) is 55.6 Å². The van der Waals surface area contributed by atoms with E-state index in [1.54, 1.807) is 0 Å². The molecule has 0 spiro atoms. The van der Waals surface area contributed by atoms with Crippen molar-refractivity contribution in [2.24, 2.45) is 5.92 Å². The summed E-state index contributed by atoms with van der Waals surface area (Å²) in [5.41, 5.74) is 2.35. The van der Waals surface area contributed by atoms with Crippen LogP contribution in [0.1, 0.15) is 32.4 Å². The zero-order valence-electron chi connectivity index (χ0n) is 12.5. The predicted molar refractivity (Wildman–Crippen MR) is 85.3 cm³/mol. The van der Waals surface area contributed by atoms with E-state index in [4.69, 9.17) is 4.74 Å². The molecule has 2 rings (SSSR count). The van der Waals surface area contributed by atoms with Gasteiger partial charge in [0.2, 0.25) is 0 Å². The van der Waals surface area contributed by atoms with Crippen molar-refractivity contribution >= 4 is 5.69 Å². The van der Waals surface area contributed by atoms with Crippen LogP contribution >= 0.6 is 0 Å². The van der Waals surface area contributed by atoms with Gasteiger partial charge >= 0.3 is 0 Å². The Morgan fingerprint density at radius 1 is 0.950 bits per heavy atom. The topological polar surface area (TPSA) is 21.3 Å². The van der Waals surface area contributed by atoms with Gasteiger partial charge in [0.1, 0.15) is 5.75 Å². The van der Waals surface area contributed by atoms with Gasteiger partial charge in [0.05, 0.1) is 18.3 Å². The van der Waals surface area contributed by atoms with Crippen LogP contribution in [-0.4, -0.2) is 6.61 Å². The van der Waals surface area contributed by atoms with Crippen LogP contribution in [0.15, 0.2) is 54.6 Å². The molecule has 0 aliphatic carbocycles. The first-order chi connectivity index (χ1) is 9.72. The van der Waals surface area contributed by atoms with Gasteiger partial charge in [0.25, 0.3) is 0 Å². The first-order valence-electron chi connectivity index (χ1n) is 7.25. The molecule has 20 heavy (non-hydrogen) atoms. The molecule has 0 amide bonds. The maximum atomic E-state index is 5.69. The van der Waals surface area contributed by atoms with Crippen LogP contribution in [0.3, 0.4) is 0 Å². The summed E-state index contributed by atoms with van der Waals surface area (Å²) in [5, 5.41) is 3.62. The van der Waals surface area contributed by atoms with Crippen molar-refractivity contribution in [1.29, 1.82) is 0 Å². The van der Waals surface area contributed by atoms with Gasteiger partial charge in [-0.25, -0.2) is 0 Å². The molecule has 2 nitrogen and oxygen atoms in total. The van der Waals surface area contributed by atoms with Gasteiger partial charge in [-0.15, -0.1) is 0 Å². The molecule has 1 N–H and O–H groups in total. The van der Waals surface area contributed by atoms with Crippen molar-refractivity contribution < 1.29 is 4.74 Å². The number of ether oxygens (including phenoxy) is 1. The lowest BCUT2D eigenvalue weighted by atomic mass is 9.95. The summed E-state index contributed by atoms with van der Waals surface area (Å²) in [6.07, 6.45) is 0. The molecule has 1 unspecified atom stereocenters. The SMILES string of the molecule is CCOc1ccccc1NC(c1ccccc1)C(C)C. The van der Waals surface area contributed by atoms with E-state index in [0.29, 0.717) is 12.5 Å². The Morgan fingerprint density at radius 3 is 2.25 bits per heavy atom. The second kappa shape index (κ2) is 6.99. The fourth-order valence-corrected chi connectivity index (χ4v) is 2.33. The Morgan fingerprint density at radius 2 is 1.60 bits per heavy atom. The molecule has 0 bridgehead atoms. The number of benzene rings is 2. The minimum atomic E-state index is 0.276. The lowest BCUT2D eigenvalue weighted by molar-refractivity contribution is 0.341. The lowest BCUT2D eigenvalue weighted by Crippen LogP contribution is -2.17. The molecule has 0 aromatic heterocycles. The molecule has 0 radical (unpaired) electrons. The molecule has 2 heteroatoms. The third-order valence-corrected chi connectivity index (χ3v) is 3.32. The number of hydrogen-bond acceptors (Lipinski definition) is 2. The van der Waals surface area contributed by atoms with Gasteiger partial charge in [-0.3, -0.25) is 0 Å². The minimum Gasteiger partial charge on any atom is -0.492 e. The summed E-state index contributed by atoms with van der Waals surface area (Å²) < 4.78 is 5.69. The van der Waals surface area contributed by atoms with E-state index >= 15 is 0 Å². The van der Waals surface area contributed by atoms with Gasteiger partial charge in [-0.1, -0.05) is 56.3 Å². The Hall–Kier alpha value is -1.96. The highest BCUT2D eigenvalue weighted by atomic mass is 16.5. The molecule has 2 aromatic rings. The Kier molecular flexibility index (Phi) is 5.05. The van der Waals surface area contributed by atoms with Crippen LogP contribution in [0, 0.1) is 5.92 Å². The first-order valence-corrected chi connectivity index (χ1v) is 7.25. The van der Waals surface area contributed by atoms with Crippen LogP contribution in [0.25, 0.3) is 0 Å². The second-order valence-corrected chi connectivity index (χ2v) is 5.21. The van der Waals surface area contributed by atoms with E-state index in [1.807, 2.05) is 25.1 Å². The van der Waals surface area contributed by atoms with Crippen molar-refractivity contribution in [2.45, 2.75) is 26.8 Å². The third-order valence-electron chi connectivity index (χ3n) is 3.32. The number of nitrogens with one attached hydrogen (secondary N) is 1. The van der Waals surface area contributed by atoms with E-state index in [1.165, 1.54) is 5.56 Å². The second-order valence-electron chi connectivity index (χ2n) is 5.21. The van der Waals surface area contributed by atoms with Crippen molar-refractivity contribution in [1.82, 2.24) is 0 Å². The summed E-state index contributed by atoms with van der Waals surface area (Å²) in [6.45, 7) is 7.15. The van der Waals surface area contributed by atoms with Crippen LogP contribution in [0.5, 0.6) is 5.75 Å². The van der Waals surface area contributed by atoms with Crippen LogP contribution in [0.4, 0.5) is 5.69 Å². The van der Waals surface area contributed by atoms with Crippen molar-refractivity contribution in [3.8, 4) is 5.75 Å². The van der Waals surface area contributed by atoms with Crippen molar-refractivity contribution in [3.63, 3.8) is 0 Å². The largest absolute Gasteiger partial charge is 0.492 e. The molecule has 0 heterocycles. The number of anilines is 1. The standard InChI is InChI=1S/C18H23NO/c1-4-20-17-13-9-8-12-16(17)19-18(14(2)3)15-10-6-5-7-11-15/h5-14,18-19H,4H2,1-3H3. The molecule has 2 aromatic carbocycles. The van der Waals surface area contributed by atoms with Crippen molar-refractivity contribution in [2.75, 3.05) is 11.9 Å².